The van der Waals surface area contributed by atoms with Crippen LogP contribution in [0.5, 0.6) is 0 Å². The van der Waals surface area contributed by atoms with E-state index >= 15 is 0 Å². The Hall–Kier alpha value is -1.10. The van der Waals surface area contributed by atoms with Crippen LogP contribution in [0.15, 0.2) is 0 Å². The Kier molecular flexibility index (Phi) is 4.55. The number of carbonyl (C=O) groups is 2. The topological polar surface area (TPSA) is 84.2 Å². The van der Waals surface area contributed by atoms with Gasteiger partial charge in [-0.3, -0.25) is 9.59 Å². The highest BCUT2D eigenvalue weighted by Gasteiger charge is 2.25. The standard InChI is InChI=1S/C10H19N3O2/c1-2-12-9(14)5-8(10(11)15)13-6-7-3-4-7/h7-8,13H,2-6H2,1H3,(H2,11,15)(H,12,14). The first-order valence-corrected chi connectivity index (χ1v) is 5.43. The van der Waals surface area contributed by atoms with Crippen LogP contribution >= 0.6 is 0 Å². The van der Waals surface area contributed by atoms with Crippen LogP contribution in [-0.2, 0) is 9.59 Å². The van der Waals surface area contributed by atoms with E-state index in [-0.39, 0.29) is 12.3 Å². The van der Waals surface area contributed by atoms with Gasteiger partial charge in [0.2, 0.25) is 11.8 Å². The molecule has 86 valence electrons. The van der Waals surface area contributed by atoms with E-state index in [0.717, 1.165) is 6.54 Å². The molecule has 1 atom stereocenters. The number of amides is 2. The first-order valence-electron chi connectivity index (χ1n) is 5.43. The lowest BCUT2D eigenvalue weighted by atomic mass is 10.2. The van der Waals surface area contributed by atoms with E-state index < -0.39 is 11.9 Å². The average Bonchev–Trinajstić information content (AvgIpc) is 2.95. The van der Waals surface area contributed by atoms with Crippen molar-refractivity contribution in [1.29, 1.82) is 0 Å². The zero-order chi connectivity index (χ0) is 11.3. The molecule has 1 saturated carbocycles. The average molecular weight is 213 g/mol. The number of carbonyl (C=O) groups excluding carboxylic acids is 2. The van der Waals surface area contributed by atoms with Gasteiger partial charge in [0.05, 0.1) is 12.5 Å². The second-order valence-corrected chi connectivity index (χ2v) is 3.96. The van der Waals surface area contributed by atoms with Gasteiger partial charge in [0.1, 0.15) is 0 Å². The summed E-state index contributed by atoms with van der Waals surface area (Å²) in [5, 5.41) is 5.68. The molecule has 0 heterocycles. The van der Waals surface area contributed by atoms with E-state index in [1.807, 2.05) is 6.92 Å². The fourth-order valence-electron chi connectivity index (χ4n) is 1.36. The van der Waals surface area contributed by atoms with Gasteiger partial charge in [-0.25, -0.2) is 0 Å². The van der Waals surface area contributed by atoms with Crippen LogP contribution in [-0.4, -0.2) is 30.9 Å². The van der Waals surface area contributed by atoms with Crippen molar-refractivity contribution in [3.63, 3.8) is 0 Å². The van der Waals surface area contributed by atoms with Gasteiger partial charge in [-0.2, -0.15) is 0 Å². The maximum Gasteiger partial charge on any atom is 0.235 e. The molecule has 5 nitrogen and oxygen atoms in total. The number of rotatable bonds is 7. The van der Waals surface area contributed by atoms with Crippen molar-refractivity contribution in [3.05, 3.63) is 0 Å². The fraction of sp³-hybridized carbons (Fsp3) is 0.800. The molecule has 4 N–H and O–H groups in total. The van der Waals surface area contributed by atoms with Gasteiger partial charge in [0.15, 0.2) is 0 Å². The van der Waals surface area contributed by atoms with Gasteiger partial charge in [-0.1, -0.05) is 0 Å². The highest BCUT2D eigenvalue weighted by molar-refractivity contribution is 5.87. The summed E-state index contributed by atoms with van der Waals surface area (Å²) < 4.78 is 0. The minimum atomic E-state index is -0.530. The van der Waals surface area contributed by atoms with Gasteiger partial charge < -0.3 is 16.4 Å². The number of nitrogens with two attached hydrogens (primary N) is 1. The van der Waals surface area contributed by atoms with Crippen LogP contribution in [0.3, 0.4) is 0 Å². The molecule has 1 fully saturated rings. The summed E-state index contributed by atoms with van der Waals surface area (Å²) in [4.78, 5) is 22.3. The molecule has 0 aromatic heterocycles. The lowest BCUT2D eigenvalue weighted by Crippen LogP contribution is -2.45. The van der Waals surface area contributed by atoms with Crippen molar-refractivity contribution in [2.45, 2.75) is 32.2 Å². The zero-order valence-electron chi connectivity index (χ0n) is 9.08. The number of nitrogens with one attached hydrogen (secondary N) is 2. The van der Waals surface area contributed by atoms with Crippen LogP contribution in [0, 0.1) is 5.92 Å². The summed E-state index contributed by atoms with van der Waals surface area (Å²) in [6.07, 6.45) is 2.55. The molecule has 0 aliphatic heterocycles. The monoisotopic (exact) mass is 213 g/mol. The summed E-state index contributed by atoms with van der Waals surface area (Å²) in [7, 11) is 0. The highest BCUT2D eigenvalue weighted by atomic mass is 16.2. The molecule has 2 amide bonds. The molecule has 0 aromatic carbocycles. The molecule has 0 aromatic rings. The normalized spacial score (nSPS) is 17.1. The molecular formula is C10H19N3O2. The molecule has 0 radical (unpaired) electrons. The highest BCUT2D eigenvalue weighted by Crippen LogP contribution is 2.27. The fourth-order valence-corrected chi connectivity index (χ4v) is 1.36. The van der Waals surface area contributed by atoms with E-state index in [9.17, 15) is 9.59 Å². The Labute approximate surface area is 89.8 Å². The largest absolute Gasteiger partial charge is 0.368 e. The first-order chi connectivity index (χ1) is 7.13. The van der Waals surface area contributed by atoms with Gasteiger partial charge >= 0.3 is 0 Å². The third kappa shape index (κ3) is 4.78. The van der Waals surface area contributed by atoms with E-state index in [2.05, 4.69) is 10.6 Å². The van der Waals surface area contributed by atoms with Crippen LogP contribution in [0.2, 0.25) is 0 Å². The van der Waals surface area contributed by atoms with Crippen molar-refractivity contribution < 1.29 is 9.59 Å². The summed E-state index contributed by atoms with van der Waals surface area (Å²) in [6, 6.07) is -0.530. The molecule has 1 aliphatic carbocycles. The minimum Gasteiger partial charge on any atom is -0.368 e. The maximum atomic E-state index is 11.3. The van der Waals surface area contributed by atoms with Gasteiger partial charge in [0, 0.05) is 6.54 Å². The second-order valence-electron chi connectivity index (χ2n) is 3.96. The minimum absolute atomic E-state index is 0.135. The van der Waals surface area contributed by atoms with Crippen molar-refractivity contribution in [2.24, 2.45) is 11.7 Å². The van der Waals surface area contributed by atoms with Crippen LogP contribution in [0.4, 0.5) is 0 Å². The van der Waals surface area contributed by atoms with E-state index in [1.54, 1.807) is 0 Å². The Morgan fingerprint density at radius 2 is 2.13 bits per heavy atom. The smallest absolute Gasteiger partial charge is 0.235 e. The first kappa shape index (κ1) is 12.0. The van der Waals surface area contributed by atoms with Crippen molar-refractivity contribution in [2.75, 3.05) is 13.1 Å². The lowest BCUT2D eigenvalue weighted by molar-refractivity contribution is -0.126. The molecule has 5 heteroatoms. The third-order valence-corrected chi connectivity index (χ3v) is 2.46. The van der Waals surface area contributed by atoms with Crippen LogP contribution in [0.1, 0.15) is 26.2 Å². The summed E-state index contributed by atoms with van der Waals surface area (Å²) in [6.45, 7) is 3.20. The van der Waals surface area contributed by atoms with Crippen molar-refractivity contribution in [3.8, 4) is 0 Å². The molecule has 0 bridgehead atoms. The third-order valence-electron chi connectivity index (χ3n) is 2.46. The van der Waals surface area contributed by atoms with Gasteiger partial charge in [-0.15, -0.1) is 0 Å². The van der Waals surface area contributed by atoms with Gasteiger partial charge in [0.25, 0.3) is 0 Å². The molecule has 0 spiro atoms. The summed E-state index contributed by atoms with van der Waals surface area (Å²) in [5.74, 6) is 0.0765. The van der Waals surface area contributed by atoms with Crippen molar-refractivity contribution >= 4 is 11.8 Å². The molecular weight excluding hydrogens is 194 g/mol. The van der Waals surface area contributed by atoms with Crippen molar-refractivity contribution in [1.82, 2.24) is 10.6 Å². The molecule has 1 rings (SSSR count). The lowest BCUT2D eigenvalue weighted by Gasteiger charge is -2.14. The molecule has 1 unspecified atom stereocenters. The Morgan fingerprint density at radius 3 is 2.60 bits per heavy atom. The Morgan fingerprint density at radius 1 is 1.47 bits per heavy atom. The number of primary amides is 1. The number of hydrogen-bond donors (Lipinski definition) is 3. The molecule has 1 aliphatic rings. The van der Waals surface area contributed by atoms with E-state index in [4.69, 9.17) is 5.73 Å². The Bertz CT molecular complexity index is 239. The van der Waals surface area contributed by atoms with E-state index in [1.165, 1.54) is 12.8 Å². The number of hydrogen-bond acceptors (Lipinski definition) is 3. The molecule has 15 heavy (non-hydrogen) atoms. The predicted octanol–water partition coefficient (Wildman–Crippen LogP) is -0.634. The van der Waals surface area contributed by atoms with E-state index in [0.29, 0.717) is 12.5 Å². The Balaban J connectivity index is 2.28. The SMILES string of the molecule is CCNC(=O)CC(NCC1CC1)C(N)=O. The van der Waals surface area contributed by atoms with Crippen LogP contribution in [0.25, 0.3) is 0 Å². The summed E-state index contributed by atoms with van der Waals surface area (Å²) >= 11 is 0. The summed E-state index contributed by atoms with van der Waals surface area (Å²) in [5.41, 5.74) is 5.21. The zero-order valence-corrected chi connectivity index (χ0v) is 9.08. The van der Waals surface area contributed by atoms with Crippen LogP contribution < -0.4 is 16.4 Å². The predicted molar refractivity (Wildman–Crippen MR) is 57.0 cm³/mol. The second kappa shape index (κ2) is 5.70. The molecule has 0 saturated heterocycles. The quantitative estimate of drug-likeness (QED) is 0.526. The maximum absolute atomic E-state index is 11.3. The van der Waals surface area contributed by atoms with Gasteiger partial charge in [-0.05, 0) is 32.2 Å².